The van der Waals surface area contributed by atoms with Crippen LogP contribution in [0.25, 0.3) is 0 Å². The zero-order valence-electron chi connectivity index (χ0n) is 13.9. The lowest BCUT2D eigenvalue weighted by molar-refractivity contribution is -0.124. The maximum absolute atomic E-state index is 12.6. The largest absolute Gasteiger partial charge is 0.442 e. The molecule has 0 aromatic heterocycles. The van der Waals surface area contributed by atoms with Crippen molar-refractivity contribution in [3.05, 3.63) is 30.3 Å². The van der Waals surface area contributed by atoms with Crippen molar-refractivity contribution in [3.8, 4) is 0 Å². The number of amides is 3. The first-order valence-corrected chi connectivity index (χ1v) is 8.75. The standard InChI is InChI=1S/C18H21N3O4/c22-16-9-8-15(21(16)13-4-2-1-3-5-13)17(23)19-10-14-11-20(12-6-7-12)18(24)25-14/h1-5,12,14-15H,6-11H2,(H,19,23). The van der Waals surface area contributed by atoms with Crippen molar-refractivity contribution < 1.29 is 19.1 Å². The number of carbonyl (C=O) groups is 3. The Bertz CT molecular complexity index is 689. The molecule has 2 aliphatic heterocycles. The van der Waals surface area contributed by atoms with Crippen molar-refractivity contribution in [2.24, 2.45) is 0 Å². The third-order valence-corrected chi connectivity index (χ3v) is 4.94. The van der Waals surface area contributed by atoms with Gasteiger partial charge in [-0.1, -0.05) is 18.2 Å². The van der Waals surface area contributed by atoms with Crippen LogP contribution in [0.5, 0.6) is 0 Å². The molecule has 1 saturated carbocycles. The van der Waals surface area contributed by atoms with Crippen LogP contribution in [0.15, 0.2) is 30.3 Å². The number of anilines is 1. The summed E-state index contributed by atoms with van der Waals surface area (Å²) in [6, 6.07) is 9.03. The molecule has 7 nitrogen and oxygen atoms in total. The third kappa shape index (κ3) is 3.18. The quantitative estimate of drug-likeness (QED) is 0.873. The van der Waals surface area contributed by atoms with Gasteiger partial charge < -0.3 is 15.0 Å². The Hall–Kier alpha value is -2.57. The molecule has 132 valence electrons. The van der Waals surface area contributed by atoms with Gasteiger partial charge in [0.05, 0.1) is 13.1 Å². The van der Waals surface area contributed by atoms with Crippen LogP contribution in [0.4, 0.5) is 10.5 Å². The van der Waals surface area contributed by atoms with Crippen LogP contribution in [0, 0.1) is 0 Å². The van der Waals surface area contributed by atoms with Gasteiger partial charge in [0.1, 0.15) is 12.1 Å². The summed E-state index contributed by atoms with van der Waals surface area (Å²) in [5, 5.41) is 2.85. The zero-order valence-corrected chi connectivity index (χ0v) is 13.9. The van der Waals surface area contributed by atoms with Gasteiger partial charge in [0, 0.05) is 18.2 Å². The van der Waals surface area contributed by atoms with Crippen LogP contribution in [0.2, 0.25) is 0 Å². The Labute approximate surface area is 145 Å². The van der Waals surface area contributed by atoms with Crippen LogP contribution < -0.4 is 10.2 Å². The number of nitrogens with one attached hydrogen (secondary N) is 1. The van der Waals surface area contributed by atoms with E-state index < -0.39 is 6.04 Å². The molecule has 2 atom stereocenters. The van der Waals surface area contributed by atoms with Crippen molar-refractivity contribution in [3.63, 3.8) is 0 Å². The molecule has 3 fully saturated rings. The molecule has 4 rings (SSSR count). The number of benzene rings is 1. The minimum Gasteiger partial charge on any atom is -0.442 e. The van der Waals surface area contributed by atoms with Gasteiger partial charge in [0.15, 0.2) is 0 Å². The van der Waals surface area contributed by atoms with Crippen LogP contribution in [-0.2, 0) is 14.3 Å². The molecule has 2 unspecified atom stereocenters. The predicted molar refractivity (Wildman–Crippen MR) is 90.0 cm³/mol. The average Bonchev–Trinajstić information content (AvgIpc) is 3.29. The van der Waals surface area contributed by atoms with E-state index in [1.165, 1.54) is 0 Å². The van der Waals surface area contributed by atoms with E-state index in [0.717, 1.165) is 18.5 Å². The fourth-order valence-corrected chi connectivity index (χ4v) is 3.51. The first kappa shape index (κ1) is 15.9. The Kier molecular flexibility index (Phi) is 4.07. The maximum Gasteiger partial charge on any atom is 0.410 e. The number of para-hydroxylation sites is 1. The fraction of sp³-hybridized carbons (Fsp3) is 0.500. The number of rotatable bonds is 5. The topological polar surface area (TPSA) is 79.0 Å². The molecule has 3 aliphatic rings. The Morgan fingerprint density at radius 2 is 1.92 bits per heavy atom. The van der Waals surface area contributed by atoms with Crippen LogP contribution >= 0.6 is 0 Å². The van der Waals surface area contributed by atoms with Crippen molar-refractivity contribution >= 4 is 23.6 Å². The molecular weight excluding hydrogens is 322 g/mol. The lowest BCUT2D eigenvalue weighted by Crippen LogP contribution is -2.47. The molecule has 7 heteroatoms. The van der Waals surface area contributed by atoms with E-state index in [1.54, 1.807) is 9.80 Å². The molecule has 25 heavy (non-hydrogen) atoms. The first-order valence-electron chi connectivity index (χ1n) is 8.75. The summed E-state index contributed by atoms with van der Waals surface area (Å²) >= 11 is 0. The van der Waals surface area contributed by atoms with Crippen molar-refractivity contribution in [2.45, 2.75) is 43.9 Å². The van der Waals surface area contributed by atoms with Gasteiger partial charge in [0.25, 0.3) is 0 Å². The van der Waals surface area contributed by atoms with E-state index >= 15 is 0 Å². The van der Waals surface area contributed by atoms with E-state index in [9.17, 15) is 14.4 Å². The molecule has 0 spiro atoms. The monoisotopic (exact) mass is 343 g/mol. The van der Waals surface area contributed by atoms with Gasteiger partial charge in [0.2, 0.25) is 11.8 Å². The predicted octanol–water partition coefficient (Wildman–Crippen LogP) is 1.28. The molecular formula is C18H21N3O4. The zero-order chi connectivity index (χ0) is 17.4. The second kappa shape index (κ2) is 6.38. The van der Waals surface area contributed by atoms with Crippen LogP contribution in [-0.4, -0.2) is 54.1 Å². The van der Waals surface area contributed by atoms with Crippen LogP contribution in [0.3, 0.4) is 0 Å². The van der Waals surface area contributed by atoms with Crippen molar-refractivity contribution in [2.75, 3.05) is 18.0 Å². The SMILES string of the molecule is O=C(NCC1CN(C2CC2)C(=O)O1)C1CCC(=O)N1c1ccccc1. The molecule has 1 N–H and O–H groups in total. The van der Waals surface area contributed by atoms with Gasteiger partial charge in [-0.25, -0.2) is 4.79 Å². The Morgan fingerprint density at radius 3 is 2.64 bits per heavy atom. The molecule has 2 heterocycles. The smallest absolute Gasteiger partial charge is 0.410 e. The summed E-state index contributed by atoms with van der Waals surface area (Å²) in [7, 11) is 0. The molecule has 1 aliphatic carbocycles. The van der Waals surface area contributed by atoms with E-state index in [2.05, 4.69) is 5.32 Å². The highest BCUT2D eigenvalue weighted by Crippen LogP contribution is 2.30. The average molecular weight is 343 g/mol. The Balaban J connectivity index is 1.36. The lowest BCUT2D eigenvalue weighted by Gasteiger charge is -2.24. The number of ether oxygens (including phenoxy) is 1. The van der Waals surface area contributed by atoms with E-state index in [4.69, 9.17) is 4.74 Å². The van der Waals surface area contributed by atoms with E-state index in [0.29, 0.717) is 25.4 Å². The van der Waals surface area contributed by atoms with Gasteiger partial charge in [-0.05, 0) is 31.4 Å². The summed E-state index contributed by atoms with van der Waals surface area (Å²) < 4.78 is 5.31. The maximum atomic E-state index is 12.6. The van der Waals surface area contributed by atoms with Crippen LogP contribution in [0.1, 0.15) is 25.7 Å². The lowest BCUT2D eigenvalue weighted by atomic mass is 10.2. The fourth-order valence-electron chi connectivity index (χ4n) is 3.51. The number of nitrogens with zero attached hydrogens (tertiary/aromatic N) is 2. The molecule has 1 aromatic carbocycles. The third-order valence-electron chi connectivity index (χ3n) is 4.94. The highest BCUT2D eigenvalue weighted by atomic mass is 16.6. The van der Waals surface area contributed by atoms with Gasteiger partial charge in [-0.2, -0.15) is 0 Å². The molecule has 1 aromatic rings. The number of cyclic esters (lactones) is 1. The molecule has 3 amide bonds. The number of hydrogen-bond donors (Lipinski definition) is 1. The highest BCUT2D eigenvalue weighted by Gasteiger charge is 2.42. The highest BCUT2D eigenvalue weighted by molar-refractivity contribution is 6.03. The minimum absolute atomic E-state index is 0.0430. The summed E-state index contributed by atoms with van der Waals surface area (Å²) in [4.78, 5) is 39.9. The number of carbonyl (C=O) groups excluding carboxylic acids is 3. The summed E-state index contributed by atoms with van der Waals surface area (Å²) in [6.45, 7) is 0.802. The van der Waals surface area contributed by atoms with E-state index in [1.807, 2.05) is 30.3 Å². The summed E-state index contributed by atoms with van der Waals surface area (Å²) in [5.41, 5.74) is 0.734. The second-order valence-electron chi connectivity index (χ2n) is 6.79. The normalized spacial score (nSPS) is 26.1. The number of hydrogen-bond acceptors (Lipinski definition) is 4. The summed E-state index contributed by atoms with van der Waals surface area (Å²) in [6.07, 6.45) is 2.32. The molecule has 0 radical (unpaired) electrons. The minimum atomic E-state index is -0.508. The Morgan fingerprint density at radius 1 is 1.16 bits per heavy atom. The first-order chi connectivity index (χ1) is 12.1. The van der Waals surface area contributed by atoms with Crippen molar-refractivity contribution in [1.29, 1.82) is 0 Å². The van der Waals surface area contributed by atoms with E-state index in [-0.39, 0.29) is 30.6 Å². The van der Waals surface area contributed by atoms with Gasteiger partial charge >= 0.3 is 6.09 Å². The van der Waals surface area contributed by atoms with Crippen molar-refractivity contribution in [1.82, 2.24) is 10.2 Å². The summed E-state index contributed by atoms with van der Waals surface area (Å²) in [5.74, 6) is -0.242. The van der Waals surface area contributed by atoms with Gasteiger partial charge in [-0.3, -0.25) is 14.5 Å². The molecule has 2 saturated heterocycles. The second-order valence-corrected chi connectivity index (χ2v) is 6.79. The molecule has 0 bridgehead atoms. The van der Waals surface area contributed by atoms with Gasteiger partial charge in [-0.15, -0.1) is 0 Å².